The predicted octanol–water partition coefficient (Wildman–Crippen LogP) is 5.10. The summed E-state index contributed by atoms with van der Waals surface area (Å²) in [7, 11) is -7.15. The molecule has 2 heterocycles. The van der Waals surface area contributed by atoms with Crippen molar-refractivity contribution in [3.05, 3.63) is 54.1 Å². The molecule has 0 saturated carbocycles. The summed E-state index contributed by atoms with van der Waals surface area (Å²) in [6.45, 7) is 6.37. The summed E-state index contributed by atoms with van der Waals surface area (Å²) in [6, 6.07) is 12.9. The van der Waals surface area contributed by atoms with Crippen molar-refractivity contribution < 1.29 is 31.8 Å². The number of nitrogens with zero attached hydrogens (tertiary/aromatic N) is 1. The van der Waals surface area contributed by atoms with E-state index in [0.717, 1.165) is 0 Å². The minimum absolute atomic E-state index is 0.128. The Kier molecular flexibility index (Phi) is 6.63. The Hall–Kier alpha value is -2.27. The van der Waals surface area contributed by atoms with Crippen LogP contribution in [0.5, 0.6) is 5.75 Å². The largest absolute Gasteiger partial charge is 0.490 e. The van der Waals surface area contributed by atoms with Gasteiger partial charge in [-0.05, 0) is 45.0 Å². The number of amides is 1. The fourth-order valence-electron chi connectivity index (χ4n) is 4.29. The minimum Gasteiger partial charge on any atom is -0.490 e. The van der Waals surface area contributed by atoms with E-state index in [1.165, 1.54) is 12.1 Å². The van der Waals surface area contributed by atoms with E-state index in [2.05, 4.69) is 0 Å². The zero-order valence-corrected chi connectivity index (χ0v) is 21.1. The van der Waals surface area contributed by atoms with Crippen LogP contribution in [-0.4, -0.2) is 59.1 Å². The number of ether oxygens (including phenoxy) is 2. The van der Waals surface area contributed by atoms with Crippen LogP contribution in [0.2, 0.25) is 0 Å². The van der Waals surface area contributed by atoms with Gasteiger partial charge in [-0.1, -0.05) is 24.3 Å². The van der Waals surface area contributed by atoms with Gasteiger partial charge in [-0.25, -0.2) is 13.2 Å². The summed E-state index contributed by atoms with van der Waals surface area (Å²) >= 11 is 0. The van der Waals surface area contributed by atoms with Gasteiger partial charge in [0.25, 0.3) is 0 Å². The van der Waals surface area contributed by atoms with Crippen molar-refractivity contribution in [1.29, 1.82) is 0 Å². The van der Waals surface area contributed by atoms with Crippen LogP contribution >= 0.6 is 10.6 Å². The smallest absolute Gasteiger partial charge is 0.410 e. The van der Waals surface area contributed by atoms with E-state index in [1.807, 2.05) is 20.8 Å². The highest BCUT2D eigenvalue weighted by Crippen LogP contribution is 2.63. The molecule has 0 radical (unpaired) electrons. The Morgan fingerprint density at radius 1 is 1.03 bits per heavy atom. The molecule has 1 saturated heterocycles. The number of likely N-dealkylation sites (tertiary alicyclic amines) is 1. The highest BCUT2D eigenvalue weighted by Gasteiger charge is 2.45. The van der Waals surface area contributed by atoms with Gasteiger partial charge in [0.1, 0.15) is 22.7 Å². The maximum atomic E-state index is 13.4. The maximum Gasteiger partial charge on any atom is 0.410 e. The highest BCUT2D eigenvalue weighted by molar-refractivity contribution is 8.25. The fraction of sp³-hybridized carbons (Fsp3) is 0.458. The van der Waals surface area contributed by atoms with Gasteiger partial charge in [0.05, 0.1) is 15.5 Å². The molecular weight excluding hydrogens is 478 g/mol. The second-order valence-corrected chi connectivity index (χ2v) is 13.9. The molecule has 1 amide bonds. The molecular formula is C24H31NO7S2. The van der Waals surface area contributed by atoms with Gasteiger partial charge >= 0.3 is 6.09 Å². The van der Waals surface area contributed by atoms with E-state index in [1.54, 1.807) is 41.3 Å². The highest BCUT2D eigenvalue weighted by atomic mass is 32.3. The van der Waals surface area contributed by atoms with E-state index in [4.69, 9.17) is 9.47 Å². The average Bonchev–Trinajstić information content (AvgIpc) is 3.06. The van der Waals surface area contributed by atoms with Crippen LogP contribution in [0.3, 0.4) is 0 Å². The SMILES string of the molecule is CC(C)(C)OC(=O)N1CCC(Oc2cccc3c2C(S(=O)(=O)c2ccccc2)CS3(O)O)CC1. The van der Waals surface area contributed by atoms with Crippen molar-refractivity contribution >= 4 is 26.5 Å². The van der Waals surface area contributed by atoms with E-state index >= 15 is 0 Å². The molecule has 1 fully saturated rings. The van der Waals surface area contributed by atoms with E-state index in [0.29, 0.717) is 37.2 Å². The molecule has 2 N–H and O–H groups in total. The number of hydrogen-bond donors (Lipinski definition) is 2. The van der Waals surface area contributed by atoms with Gasteiger partial charge < -0.3 is 14.4 Å². The fourth-order valence-corrected chi connectivity index (χ4v) is 8.73. The number of piperidine rings is 1. The van der Waals surface area contributed by atoms with Crippen LogP contribution < -0.4 is 4.74 Å². The van der Waals surface area contributed by atoms with Crippen molar-refractivity contribution in [2.24, 2.45) is 0 Å². The number of benzene rings is 2. The van der Waals surface area contributed by atoms with Gasteiger partial charge in [0.15, 0.2) is 9.84 Å². The van der Waals surface area contributed by atoms with Gasteiger partial charge in [-0.3, -0.25) is 9.11 Å². The summed E-state index contributed by atoms with van der Waals surface area (Å²) in [6.07, 6.45) is 0.493. The molecule has 4 rings (SSSR count). The van der Waals surface area contributed by atoms with E-state index in [-0.39, 0.29) is 27.7 Å². The lowest BCUT2D eigenvalue weighted by atomic mass is 10.1. The van der Waals surface area contributed by atoms with Crippen molar-refractivity contribution in [3.8, 4) is 5.75 Å². The number of carbonyl (C=O) groups is 1. The molecule has 1 atom stereocenters. The molecule has 8 nitrogen and oxygen atoms in total. The summed E-state index contributed by atoms with van der Waals surface area (Å²) in [5.74, 6) is 0.0482. The maximum absolute atomic E-state index is 13.4. The predicted molar refractivity (Wildman–Crippen MR) is 130 cm³/mol. The Labute approximate surface area is 202 Å². The first-order valence-electron chi connectivity index (χ1n) is 11.2. The summed E-state index contributed by atoms with van der Waals surface area (Å²) in [4.78, 5) is 14.3. The van der Waals surface area contributed by atoms with Crippen molar-refractivity contribution in [2.75, 3.05) is 18.8 Å². The topological polar surface area (TPSA) is 113 Å². The number of hydrogen-bond acceptors (Lipinski definition) is 7. The second-order valence-electron chi connectivity index (χ2n) is 9.63. The first-order chi connectivity index (χ1) is 15.9. The molecule has 2 aliphatic heterocycles. The van der Waals surface area contributed by atoms with E-state index in [9.17, 15) is 22.3 Å². The number of sulfone groups is 1. The van der Waals surface area contributed by atoms with Crippen LogP contribution in [0, 0.1) is 0 Å². The Morgan fingerprint density at radius 3 is 2.29 bits per heavy atom. The standard InChI is InChI=1S/C24H31NO7S2/c1-24(2,3)32-23(26)25-14-12-17(13-15-25)31-19-10-7-11-20-22(19)21(16-33(20,27)28)34(29,30)18-8-5-4-6-9-18/h4-11,17,21,27-28H,12-16H2,1-3H3. The normalized spacial score (nSPS) is 21.6. The number of fused-ring (bicyclic) bond motifs is 1. The molecule has 0 spiro atoms. The van der Waals surface area contributed by atoms with Gasteiger partial charge in [0.2, 0.25) is 0 Å². The Balaban J connectivity index is 1.56. The molecule has 2 aromatic rings. The number of rotatable bonds is 4. The third kappa shape index (κ3) is 5.05. The van der Waals surface area contributed by atoms with Crippen molar-refractivity contribution in [2.45, 2.75) is 60.4 Å². The molecule has 10 heteroatoms. The minimum atomic E-state index is -3.87. The van der Waals surface area contributed by atoms with Gasteiger partial charge in [-0.2, -0.15) is 10.6 Å². The Morgan fingerprint density at radius 2 is 1.68 bits per heavy atom. The van der Waals surface area contributed by atoms with Crippen LogP contribution in [0.15, 0.2) is 58.3 Å². The first kappa shape index (κ1) is 24.8. The average molecular weight is 510 g/mol. The molecule has 2 aliphatic rings. The lowest BCUT2D eigenvalue weighted by molar-refractivity contribution is 0.0125. The van der Waals surface area contributed by atoms with Crippen LogP contribution in [0.4, 0.5) is 4.79 Å². The summed E-state index contributed by atoms with van der Waals surface area (Å²) in [5, 5.41) is -1.12. The lowest BCUT2D eigenvalue weighted by Crippen LogP contribution is -2.44. The third-order valence-electron chi connectivity index (χ3n) is 5.92. The number of carbonyl (C=O) groups excluding carboxylic acids is 1. The molecule has 0 aliphatic carbocycles. The van der Waals surface area contributed by atoms with Crippen molar-refractivity contribution in [1.82, 2.24) is 4.90 Å². The van der Waals surface area contributed by atoms with Crippen LogP contribution in [0.1, 0.15) is 44.4 Å². The van der Waals surface area contributed by atoms with Crippen LogP contribution in [0.25, 0.3) is 0 Å². The monoisotopic (exact) mass is 509 g/mol. The van der Waals surface area contributed by atoms with Crippen LogP contribution in [-0.2, 0) is 14.6 Å². The second kappa shape index (κ2) is 9.07. The molecule has 0 aromatic heterocycles. The first-order valence-corrected chi connectivity index (χ1v) is 14.5. The Bertz CT molecular complexity index is 1150. The molecule has 0 bridgehead atoms. The third-order valence-corrected chi connectivity index (χ3v) is 10.1. The van der Waals surface area contributed by atoms with Gasteiger partial charge in [-0.15, -0.1) is 0 Å². The lowest BCUT2D eigenvalue weighted by Gasteiger charge is -2.34. The van der Waals surface area contributed by atoms with Gasteiger partial charge in [0, 0.05) is 31.5 Å². The van der Waals surface area contributed by atoms with Crippen molar-refractivity contribution in [3.63, 3.8) is 0 Å². The zero-order chi connectivity index (χ0) is 24.7. The molecule has 2 aromatic carbocycles. The quantitative estimate of drug-likeness (QED) is 0.589. The van der Waals surface area contributed by atoms with E-state index < -0.39 is 31.3 Å². The summed E-state index contributed by atoms with van der Waals surface area (Å²) in [5.41, 5.74) is -0.251. The molecule has 1 unspecified atom stereocenters. The molecule has 186 valence electrons. The summed E-state index contributed by atoms with van der Waals surface area (Å²) < 4.78 is 60.0. The molecule has 34 heavy (non-hydrogen) atoms. The zero-order valence-electron chi connectivity index (χ0n) is 19.5.